The van der Waals surface area contributed by atoms with Crippen molar-refractivity contribution in [3.63, 3.8) is 0 Å². The molecule has 0 saturated carbocycles. The minimum atomic E-state index is -0.658. The number of rotatable bonds is 11. The molecule has 3 aromatic rings. The number of aromatic nitrogens is 3. The Kier molecular flexibility index (Phi) is 9.91. The number of aryl methyl sites for hydroxylation is 1. The van der Waals surface area contributed by atoms with Crippen LogP contribution in [0.4, 0.5) is 5.69 Å². The van der Waals surface area contributed by atoms with Gasteiger partial charge in [-0.3, -0.25) is 9.36 Å². The molecule has 0 aliphatic carbocycles. The Hall–Kier alpha value is -3.83. The van der Waals surface area contributed by atoms with Crippen molar-refractivity contribution in [1.29, 1.82) is 0 Å². The first-order valence-electron chi connectivity index (χ1n) is 11.4. The van der Waals surface area contributed by atoms with Crippen LogP contribution in [0.1, 0.15) is 45.1 Å². The Morgan fingerprint density at radius 1 is 1.11 bits per heavy atom. The standard InChI is InChI=1S/C26H27ClN4O6S/c1-6-9-31-23(16(3)37-21-10-15(2)7-8-20(21)27)29-30-26(31)38-14-22(32)28-19-12-17(24(33)35-4)11-18(13-19)25(34)36-5/h6-8,10-13,16H,1,9,14H2,2-5H3,(H,28,32). The van der Waals surface area contributed by atoms with Crippen molar-refractivity contribution in [3.8, 4) is 5.75 Å². The van der Waals surface area contributed by atoms with Crippen molar-refractivity contribution in [2.24, 2.45) is 0 Å². The maximum Gasteiger partial charge on any atom is 0.337 e. The zero-order chi connectivity index (χ0) is 27.8. The van der Waals surface area contributed by atoms with Gasteiger partial charge in [-0.2, -0.15) is 0 Å². The highest BCUT2D eigenvalue weighted by Crippen LogP contribution is 2.30. The summed E-state index contributed by atoms with van der Waals surface area (Å²) in [6, 6.07) is 9.65. The number of nitrogens with one attached hydrogen (secondary N) is 1. The lowest BCUT2D eigenvalue weighted by atomic mass is 10.1. The fourth-order valence-electron chi connectivity index (χ4n) is 3.45. The van der Waals surface area contributed by atoms with Crippen LogP contribution in [-0.2, 0) is 20.8 Å². The molecule has 0 aliphatic rings. The summed E-state index contributed by atoms with van der Waals surface area (Å²) >= 11 is 7.43. The van der Waals surface area contributed by atoms with Gasteiger partial charge in [0.25, 0.3) is 0 Å². The number of carbonyl (C=O) groups excluding carboxylic acids is 3. The normalized spacial score (nSPS) is 11.4. The second-order valence-corrected chi connectivity index (χ2v) is 9.40. The molecule has 1 atom stereocenters. The molecule has 0 saturated heterocycles. The van der Waals surface area contributed by atoms with Gasteiger partial charge in [0.2, 0.25) is 5.91 Å². The first kappa shape index (κ1) is 28.7. The van der Waals surface area contributed by atoms with Crippen molar-refractivity contribution in [1.82, 2.24) is 14.8 Å². The fraction of sp³-hybridized carbons (Fsp3) is 0.269. The maximum atomic E-state index is 12.7. The fourth-order valence-corrected chi connectivity index (χ4v) is 4.37. The van der Waals surface area contributed by atoms with Gasteiger partial charge in [-0.15, -0.1) is 16.8 Å². The van der Waals surface area contributed by atoms with Crippen LogP contribution in [0, 0.1) is 6.92 Å². The van der Waals surface area contributed by atoms with E-state index in [0.29, 0.717) is 28.3 Å². The van der Waals surface area contributed by atoms with Crippen LogP contribution in [0.5, 0.6) is 5.75 Å². The van der Waals surface area contributed by atoms with Crippen molar-refractivity contribution in [3.05, 3.63) is 76.6 Å². The van der Waals surface area contributed by atoms with E-state index >= 15 is 0 Å². The van der Waals surface area contributed by atoms with Gasteiger partial charge in [-0.25, -0.2) is 9.59 Å². The molecule has 0 bridgehead atoms. The number of benzene rings is 2. The highest BCUT2D eigenvalue weighted by Gasteiger charge is 2.21. The highest BCUT2D eigenvalue weighted by molar-refractivity contribution is 7.99. The van der Waals surface area contributed by atoms with Crippen LogP contribution in [0.25, 0.3) is 0 Å². The maximum absolute atomic E-state index is 12.7. The van der Waals surface area contributed by atoms with E-state index in [0.717, 1.165) is 17.3 Å². The predicted octanol–water partition coefficient (Wildman–Crippen LogP) is 4.87. The highest BCUT2D eigenvalue weighted by atomic mass is 35.5. The summed E-state index contributed by atoms with van der Waals surface area (Å²) < 4.78 is 17.3. The number of halogens is 1. The van der Waals surface area contributed by atoms with Crippen molar-refractivity contribution in [2.75, 3.05) is 25.3 Å². The molecule has 1 heterocycles. The summed E-state index contributed by atoms with van der Waals surface area (Å²) in [5.74, 6) is -0.661. The number of amides is 1. The number of ether oxygens (including phenoxy) is 3. The number of hydrogen-bond donors (Lipinski definition) is 1. The molecule has 1 aromatic heterocycles. The van der Waals surface area contributed by atoms with E-state index in [1.54, 1.807) is 16.7 Å². The number of methoxy groups -OCH3 is 2. The lowest BCUT2D eigenvalue weighted by molar-refractivity contribution is -0.113. The minimum Gasteiger partial charge on any atom is -0.481 e. The summed E-state index contributed by atoms with van der Waals surface area (Å²) in [5.41, 5.74) is 1.43. The molecular weight excluding hydrogens is 532 g/mol. The SMILES string of the molecule is C=CCn1c(SCC(=O)Nc2cc(C(=O)OC)cc(C(=O)OC)c2)nnc1C(C)Oc1cc(C)ccc1Cl. The Bertz CT molecular complexity index is 1330. The number of hydrogen-bond acceptors (Lipinski definition) is 9. The average molecular weight is 559 g/mol. The van der Waals surface area contributed by atoms with Gasteiger partial charge in [-0.05, 0) is 49.7 Å². The lowest BCUT2D eigenvalue weighted by Crippen LogP contribution is -2.17. The Balaban J connectivity index is 1.74. The van der Waals surface area contributed by atoms with Gasteiger partial charge in [0.1, 0.15) is 5.75 Å². The molecule has 12 heteroatoms. The lowest BCUT2D eigenvalue weighted by Gasteiger charge is -2.17. The molecule has 0 spiro atoms. The third-order valence-corrected chi connectivity index (χ3v) is 6.48. The van der Waals surface area contributed by atoms with Crippen molar-refractivity contribution >= 4 is 46.9 Å². The quantitative estimate of drug-likeness (QED) is 0.199. The van der Waals surface area contributed by atoms with E-state index in [9.17, 15) is 14.4 Å². The van der Waals surface area contributed by atoms with Crippen LogP contribution in [-0.4, -0.2) is 52.6 Å². The molecule has 200 valence electrons. The largest absolute Gasteiger partial charge is 0.481 e. The molecule has 10 nitrogen and oxygen atoms in total. The van der Waals surface area contributed by atoms with Crippen molar-refractivity contribution < 1.29 is 28.6 Å². The molecular formula is C26H27ClN4O6S. The molecule has 0 radical (unpaired) electrons. The molecule has 38 heavy (non-hydrogen) atoms. The van der Waals surface area contributed by atoms with E-state index in [4.69, 9.17) is 25.8 Å². The Morgan fingerprint density at radius 2 is 1.76 bits per heavy atom. The zero-order valence-corrected chi connectivity index (χ0v) is 22.9. The third kappa shape index (κ3) is 7.14. The number of anilines is 1. The van der Waals surface area contributed by atoms with E-state index in [1.807, 2.05) is 26.0 Å². The van der Waals surface area contributed by atoms with Crippen molar-refractivity contribution in [2.45, 2.75) is 31.7 Å². The molecule has 2 aromatic carbocycles. The first-order chi connectivity index (χ1) is 18.2. The van der Waals surface area contributed by atoms with Gasteiger partial charge < -0.3 is 19.5 Å². The number of allylic oxidation sites excluding steroid dienone is 1. The van der Waals surface area contributed by atoms with E-state index < -0.39 is 23.9 Å². The Labute approximate surface area is 229 Å². The second kappa shape index (κ2) is 13.1. The van der Waals surface area contributed by atoms with E-state index in [1.165, 1.54) is 32.4 Å². The summed E-state index contributed by atoms with van der Waals surface area (Å²) in [6.07, 6.45) is 1.21. The topological polar surface area (TPSA) is 122 Å². The van der Waals surface area contributed by atoms with Crippen LogP contribution < -0.4 is 10.1 Å². The van der Waals surface area contributed by atoms with Gasteiger partial charge in [0, 0.05) is 12.2 Å². The van der Waals surface area contributed by atoms with Crippen LogP contribution in [0.3, 0.4) is 0 Å². The summed E-state index contributed by atoms with van der Waals surface area (Å²) in [7, 11) is 2.44. The molecule has 1 amide bonds. The second-order valence-electron chi connectivity index (χ2n) is 8.05. The monoisotopic (exact) mass is 558 g/mol. The van der Waals surface area contributed by atoms with Gasteiger partial charge >= 0.3 is 11.9 Å². The predicted molar refractivity (Wildman–Crippen MR) is 144 cm³/mol. The molecule has 1 N–H and O–H groups in total. The smallest absolute Gasteiger partial charge is 0.337 e. The third-order valence-electron chi connectivity index (χ3n) is 5.20. The van der Waals surface area contributed by atoms with Crippen LogP contribution in [0.2, 0.25) is 5.02 Å². The number of esters is 2. The molecule has 0 fully saturated rings. The first-order valence-corrected chi connectivity index (χ1v) is 12.7. The minimum absolute atomic E-state index is 0.0236. The van der Waals surface area contributed by atoms with Gasteiger partial charge in [0.15, 0.2) is 17.1 Å². The number of nitrogens with zero attached hydrogens (tertiary/aromatic N) is 3. The summed E-state index contributed by atoms with van der Waals surface area (Å²) in [4.78, 5) is 36.7. The summed E-state index contributed by atoms with van der Waals surface area (Å²) in [6.45, 7) is 7.96. The van der Waals surface area contributed by atoms with Gasteiger partial charge in [-0.1, -0.05) is 35.5 Å². The zero-order valence-electron chi connectivity index (χ0n) is 21.3. The molecule has 0 aliphatic heterocycles. The number of thioether (sulfide) groups is 1. The molecule has 1 unspecified atom stereocenters. The van der Waals surface area contributed by atoms with Crippen LogP contribution in [0.15, 0.2) is 54.2 Å². The number of carbonyl (C=O) groups is 3. The van der Waals surface area contributed by atoms with E-state index in [2.05, 4.69) is 22.1 Å². The van der Waals surface area contributed by atoms with Crippen LogP contribution >= 0.6 is 23.4 Å². The van der Waals surface area contributed by atoms with E-state index in [-0.39, 0.29) is 22.6 Å². The molecule has 3 rings (SSSR count). The average Bonchev–Trinajstić information content (AvgIpc) is 3.31. The summed E-state index contributed by atoms with van der Waals surface area (Å²) in [5, 5.41) is 12.1. The van der Waals surface area contributed by atoms with Gasteiger partial charge in [0.05, 0.1) is 36.1 Å². The Morgan fingerprint density at radius 3 is 2.37 bits per heavy atom.